The van der Waals surface area contributed by atoms with Gasteiger partial charge in [0.05, 0.1) is 6.04 Å². The number of nitrogens with two attached hydrogens (primary N) is 1. The molecule has 1 atom stereocenters. The molecule has 0 saturated heterocycles. The lowest BCUT2D eigenvalue weighted by Crippen LogP contribution is -2.31. The highest BCUT2D eigenvalue weighted by Gasteiger charge is 2.12. The summed E-state index contributed by atoms with van der Waals surface area (Å²) in [5, 5.41) is 9.16. The van der Waals surface area contributed by atoms with Crippen LogP contribution < -0.4 is 15.8 Å². The van der Waals surface area contributed by atoms with Crippen molar-refractivity contribution in [3.05, 3.63) is 42.0 Å². The highest BCUT2D eigenvalue weighted by molar-refractivity contribution is 7.80. The normalized spacial score (nSPS) is 11.7. The van der Waals surface area contributed by atoms with Gasteiger partial charge in [0.2, 0.25) is 0 Å². The average molecular weight is 305 g/mol. The summed E-state index contributed by atoms with van der Waals surface area (Å²) in [6, 6.07) is 6.64. The van der Waals surface area contributed by atoms with Crippen LogP contribution in [0, 0.1) is 0 Å². The maximum absolute atomic E-state index is 11.8. The van der Waals surface area contributed by atoms with E-state index in [1.54, 1.807) is 31.2 Å². The first-order valence-electron chi connectivity index (χ1n) is 6.23. The second kappa shape index (κ2) is 6.80. The van der Waals surface area contributed by atoms with Crippen molar-refractivity contribution in [2.45, 2.75) is 13.0 Å². The summed E-state index contributed by atoms with van der Waals surface area (Å²) in [5.74, 6) is 0.902. The van der Waals surface area contributed by atoms with Crippen molar-refractivity contribution in [2.75, 3.05) is 6.61 Å². The summed E-state index contributed by atoms with van der Waals surface area (Å²) in [4.78, 5) is 16.0. The van der Waals surface area contributed by atoms with E-state index in [2.05, 4.69) is 20.5 Å². The highest BCUT2D eigenvalue weighted by atomic mass is 32.1. The molecule has 2 aromatic rings. The quantitative estimate of drug-likeness (QED) is 0.678. The molecular formula is C13H15N5O2S. The number of aromatic amines is 1. The first-order valence-corrected chi connectivity index (χ1v) is 6.64. The minimum Gasteiger partial charge on any atom is -0.484 e. The van der Waals surface area contributed by atoms with Crippen molar-refractivity contribution >= 4 is 23.1 Å². The number of rotatable bonds is 6. The number of ether oxygens (including phenoxy) is 1. The summed E-state index contributed by atoms with van der Waals surface area (Å²) in [5.41, 5.74) is 6.25. The smallest absolute Gasteiger partial charge is 0.258 e. The van der Waals surface area contributed by atoms with Crippen molar-refractivity contribution in [3.8, 4) is 5.75 Å². The number of carbonyl (C=O) groups excluding carboxylic acids is 1. The van der Waals surface area contributed by atoms with Gasteiger partial charge in [0.15, 0.2) is 6.61 Å². The Bertz CT molecular complexity index is 612. The van der Waals surface area contributed by atoms with Crippen LogP contribution in [0.1, 0.15) is 24.4 Å². The van der Waals surface area contributed by atoms with Crippen molar-refractivity contribution in [3.63, 3.8) is 0 Å². The van der Waals surface area contributed by atoms with E-state index < -0.39 is 0 Å². The summed E-state index contributed by atoms with van der Waals surface area (Å²) in [6.45, 7) is 1.71. The Morgan fingerprint density at radius 2 is 2.19 bits per heavy atom. The van der Waals surface area contributed by atoms with Crippen molar-refractivity contribution < 1.29 is 9.53 Å². The van der Waals surface area contributed by atoms with E-state index >= 15 is 0 Å². The lowest BCUT2D eigenvalue weighted by molar-refractivity contribution is -0.123. The minimum atomic E-state index is -0.263. The van der Waals surface area contributed by atoms with Gasteiger partial charge in [-0.3, -0.25) is 9.89 Å². The van der Waals surface area contributed by atoms with Gasteiger partial charge in [0, 0.05) is 5.56 Å². The average Bonchev–Trinajstić information content (AvgIpc) is 3.00. The van der Waals surface area contributed by atoms with E-state index in [-0.39, 0.29) is 18.6 Å². The van der Waals surface area contributed by atoms with Gasteiger partial charge in [-0.15, -0.1) is 0 Å². The van der Waals surface area contributed by atoms with Crippen LogP contribution in [-0.4, -0.2) is 32.7 Å². The molecular weight excluding hydrogens is 290 g/mol. The fourth-order valence-corrected chi connectivity index (χ4v) is 1.78. The molecule has 1 heterocycles. The Hall–Kier alpha value is -2.48. The number of amides is 1. The summed E-state index contributed by atoms with van der Waals surface area (Å²) in [7, 11) is 0. The van der Waals surface area contributed by atoms with Gasteiger partial charge in [-0.25, -0.2) is 4.98 Å². The first kappa shape index (κ1) is 14.9. The van der Waals surface area contributed by atoms with Crippen LogP contribution in [0.25, 0.3) is 0 Å². The summed E-state index contributed by atoms with van der Waals surface area (Å²) >= 11 is 4.86. The summed E-state index contributed by atoms with van der Waals surface area (Å²) < 4.78 is 5.38. The Balaban J connectivity index is 1.82. The Morgan fingerprint density at radius 1 is 1.48 bits per heavy atom. The second-order valence-electron chi connectivity index (χ2n) is 4.34. The van der Waals surface area contributed by atoms with Crippen LogP contribution in [-0.2, 0) is 4.79 Å². The minimum absolute atomic E-state index is 0.0924. The zero-order valence-electron chi connectivity index (χ0n) is 11.4. The molecule has 7 nitrogen and oxygen atoms in total. The van der Waals surface area contributed by atoms with Crippen LogP contribution >= 0.6 is 12.2 Å². The Kier molecular flexibility index (Phi) is 4.83. The Labute approximate surface area is 126 Å². The van der Waals surface area contributed by atoms with Crippen molar-refractivity contribution in [1.82, 2.24) is 20.5 Å². The van der Waals surface area contributed by atoms with Gasteiger partial charge in [0.1, 0.15) is 22.9 Å². The van der Waals surface area contributed by atoms with Gasteiger partial charge in [-0.2, -0.15) is 5.10 Å². The third-order valence-corrected chi connectivity index (χ3v) is 2.97. The van der Waals surface area contributed by atoms with Crippen LogP contribution in [0.4, 0.5) is 0 Å². The number of benzene rings is 1. The molecule has 1 amide bonds. The van der Waals surface area contributed by atoms with Gasteiger partial charge in [-0.1, -0.05) is 12.2 Å². The number of hydrogen-bond acceptors (Lipinski definition) is 5. The van der Waals surface area contributed by atoms with E-state index in [1.807, 2.05) is 0 Å². The topological polar surface area (TPSA) is 106 Å². The number of H-pyrrole nitrogens is 1. The highest BCUT2D eigenvalue weighted by Crippen LogP contribution is 2.12. The molecule has 2 rings (SSSR count). The molecule has 0 fully saturated rings. The van der Waals surface area contributed by atoms with Gasteiger partial charge >= 0.3 is 0 Å². The third-order valence-electron chi connectivity index (χ3n) is 2.73. The number of nitrogens with zero attached hydrogens (tertiary/aromatic N) is 2. The Morgan fingerprint density at radius 3 is 2.76 bits per heavy atom. The zero-order valence-corrected chi connectivity index (χ0v) is 12.2. The van der Waals surface area contributed by atoms with Crippen LogP contribution in [0.15, 0.2) is 30.6 Å². The van der Waals surface area contributed by atoms with E-state index in [1.165, 1.54) is 6.33 Å². The maximum atomic E-state index is 11.8. The van der Waals surface area contributed by atoms with Gasteiger partial charge in [-0.05, 0) is 31.2 Å². The molecule has 1 aromatic carbocycles. The largest absolute Gasteiger partial charge is 0.484 e. The van der Waals surface area contributed by atoms with Gasteiger partial charge < -0.3 is 15.8 Å². The third kappa shape index (κ3) is 4.25. The van der Waals surface area contributed by atoms with Gasteiger partial charge in [0.25, 0.3) is 5.91 Å². The maximum Gasteiger partial charge on any atom is 0.258 e. The van der Waals surface area contributed by atoms with Crippen LogP contribution in [0.3, 0.4) is 0 Å². The SMILES string of the molecule is CC(NC(=O)COc1ccc(C(N)=S)cc1)c1ncn[nH]1. The molecule has 0 bridgehead atoms. The predicted molar refractivity (Wildman–Crippen MR) is 80.8 cm³/mol. The lowest BCUT2D eigenvalue weighted by Gasteiger charge is -2.12. The molecule has 0 aliphatic heterocycles. The molecule has 0 radical (unpaired) electrons. The first-order chi connectivity index (χ1) is 10.1. The van der Waals surface area contributed by atoms with E-state index in [0.29, 0.717) is 16.6 Å². The monoisotopic (exact) mass is 305 g/mol. The number of carbonyl (C=O) groups is 1. The number of thiocarbonyl (C=S) groups is 1. The van der Waals surface area contributed by atoms with Crippen molar-refractivity contribution in [1.29, 1.82) is 0 Å². The molecule has 8 heteroatoms. The molecule has 0 aliphatic carbocycles. The molecule has 1 aromatic heterocycles. The molecule has 0 saturated carbocycles. The fourth-order valence-electron chi connectivity index (χ4n) is 1.64. The summed E-state index contributed by atoms with van der Waals surface area (Å²) in [6.07, 6.45) is 1.39. The molecule has 110 valence electrons. The van der Waals surface area contributed by atoms with E-state index in [9.17, 15) is 4.79 Å². The van der Waals surface area contributed by atoms with Crippen LogP contribution in [0.2, 0.25) is 0 Å². The molecule has 0 spiro atoms. The number of aromatic nitrogens is 3. The molecule has 1 unspecified atom stereocenters. The second-order valence-corrected chi connectivity index (χ2v) is 4.78. The zero-order chi connectivity index (χ0) is 15.2. The number of nitrogens with one attached hydrogen (secondary N) is 2. The van der Waals surface area contributed by atoms with E-state index in [0.717, 1.165) is 5.56 Å². The fraction of sp³-hybridized carbons (Fsp3) is 0.231. The van der Waals surface area contributed by atoms with Crippen molar-refractivity contribution in [2.24, 2.45) is 5.73 Å². The molecule has 4 N–H and O–H groups in total. The molecule has 21 heavy (non-hydrogen) atoms. The molecule has 0 aliphatic rings. The van der Waals surface area contributed by atoms with E-state index in [4.69, 9.17) is 22.7 Å². The predicted octanol–water partition coefficient (Wildman–Crippen LogP) is 0.695. The number of hydrogen-bond donors (Lipinski definition) is 3. The standard InChI is InChI=1S/C13H15N5O2S/c1-8(13-15-7-16-18-13)17-11(19)6-20-10-4-2-9(3-5-10)12(14)21/h2-5,7-8H,6H2,1H3,(H2,14,21)(H,17,19)(H,15,16,18). The lowest BCUT2D eigenvalue weighted by atomic mass is 10.2. The van der Waals surface area contributed by atoms with Crippen LogP contribution in [0.5, 0.6) is 5.75 Å².